The molecule has 1 heterocycles. The Morgan fingerprint density at radius 2 is 1.82 bits per heavy atom. The molecule has 1 amide bonds. The van der Waals surface area contributed by atoms with Gasteiger partial charge >= 0.3 is 0 Å². The largest absolute Gasteiger partial charge is 0.308 e. The molecule has 0 saturated heterocycles. The van der Waals surface area contributed by atoms with E-state index in [1.807, 2.05) is 12.1 Å². The summed E-state index contributed by atoms with van der Waals surface area (Å²) in [6, 6.07) is 9.87. The highest BCUT2D eigenvalue weighted by molar-refractivity contribution is 7.89. The predicted octanol–water partition coefficient (Wildman–Crippen LogP) is 4.62. The maximum absolute atomic E-state index is 13.2. The fourth-order valence-electron chi connectivity index (χ4n) is 3.47. The summed E-state index contributed by atoms with van der Waals surface area (Å²) in [6.45, 7) is 4.74. The normalized spacial score (nSPS) is 14.2. The molecule has 1 aliphatic rings. The van der Waals surface area contributed by atoms with E-state index in [2.05, 4.69) is 0 Å². The summed E-state index contributed by atoms with van der Waals surface area (Å²) in [5, 5.41) is 0.737. The van der Waals surface area contributed by atoms with Crippen molar-refractivity contribution in [1.82, 2.24) is 4.31 Å². The molecule has 2 aromatic carbocycles. The SMILES string of the molecule is CCN(CC)S(=O)(=O)c1cc(C(=O)N2CCCc3cc(Cl)ccc32)ccc1Cl. The molecule has 0 spiro atoms. The molecule has 0 fully saturated rings. The molecule has 150 valence electrons. The predicted molar refractivity (Wildman–Crippen MR) is 113 cm³/mol. The Hall–Kier alpha value is -1.60. The number of sulfonamides is 1. The molecule has 3 rings (SSSR count). The molecular weight excluding hydrogens is 419 g/mol. The second kappa shape index (κ2) is 8.41. The van der Waals surface area contributed by atoms with Crippen molar-refractivity contribution in [2.45, 2.75) is 31.6 Å². The molecule has 0 radical (unpaired) electrons. The van der Waals surface area contributed by atoms with Crippen molar-refractivity contribution in [3.8, 4) is 0 Å². The molecule has 8 heteroatoms. The van der Waals surface area contributed by atoms with Gasteiger partial charge in [-0.05, 0) is 54.8 Å². The Balaban J connectivity index is 2.01. The minimum atomic E-state index is -3.77. The number of fused-ring (bicyclic) bond motifs is 1. The van der Waals surface area contributed by atoms with Crippen molar-refractivity contribution in [3.05, 3.63) is 57.6 Å². The van der Waals surface area contributed by atoms with Crippen LogP contribution in [0.1, 0.15) is 36.2 Å². The van der Waals surface area contributed by atoms with Gasteiger partial charge in [0.1, 0.15) is 4.90 Å². The van der Waals surface area contributed by atoms with Crippen LogP contribution >= 0.6 is 23.2 Å². The Bertz CT molecular complexity index is 1000. The first-order valence-electron chi connectivity index (χ1n) is 9.19. The summed E-state index contributed by atoms with van der Waals surface area (Å²) in [5.74, 6) is -0.254. The van der Waals surface area contributed by atoms with E-state index >= 15 is 0 Å². The van der Waals surface area contributed by atoms with Gasteiger partial charge in [0.15, 0.2) is 0 Å². The summed E-state index contributed by atoms with van der Waals surface area (Å²) < 4.78 is 27.1. The van der Waals surface area contributed by atoms with E-state index in [1.54, 1.807) is 30.9 Å². The van der Waals surface area contributed by atoms with Crippen LogP contribution in [0.25, 0.3) is 0 Å². The van der Waals surface area contributed by atoms with Crippen LogP contribution in [0.4, 0.5) is 5.69 Å². The fourth-order valence-corrected chi connectivity index (χ4v) is 5.62. The highest BCUT2D eigenvalue weighted by Crippen LogP contribution is 2.32. The maximum Gasteiger partial charge on any atom is 0.258 e. The molecule has 0 aliphatic carbocycles. The molecule has 28 heavy (non-hydrogen) atoms. The number of aryl methyl sites for hydroxylation is 1. The summed E-state index contributed by atoms with van der Waals surface area (Å²) in [5.41, 5.74) is 2.11. The average molecular weight is 441 g/mol. The van der Waals surface area contributed by atoms with Crippen LogP contribution in [-0.4, -0.2) is 38.3 Å². The molecule has 5 nitrogen and oxygen atoms in total. The van der Waals surface area contributed by atoms with Gasteiger partial charge < -0.3 is 4.90 Å². The lowest BCUT2D eigenvalue weighted by Gasteiger charge is -2.30. The van der Waals surface area contributed by atoms with Crippen LogP contribution in [0.2, 0.25) is 10.0 Å². The van der Waals surface area contributed by atoms with E-state index < -0.39 is 10.0 Å². The van der Waals surface area contributed by atoms with Gasteiger partial charge in [-0.2, -0.15) is 4.31 Å². The highest BCUT2D eigenvalue weighted by atomic mass is 35.5. The van der Waals surface area contributed by atoms with E-state index in [0.29, 0.717) is 24.7 Å². The van der Waals surface area contributed by atoms with Crippen LogP contribution in [-0.2, 0) is 16.4 Å². The number of halogens is 2. The van der Waals surface area contributed by atoms with Crippen molar-refractivity contribution >= 4 is 44.8 Å². The molecular formula is C20H22Cl2N2O3S. The zero-order valence-corrected chi connectivity index (χ0v) is 18.1. The third-order valence-electron chi connectivity index (χ3n) is 4.91. The molecule has 0 unspecified atom stereocenters. The van der Waals surface area contributed by atoms with E-state index in [4.69, 9.17) is 23.2 Å². The van der Waals surface area contributed by atoms with Crippen LogP contribution in [0.15, 0.2) is 41.3 Å². The Morgan fingerprint density at radius 1 is 1.11 bits per heavy atom. The standard InChI is InChI=1S/C20H22Cl2N2O3S/c1-3-23(4-2)28(26,27)19-13-15(7-9-17(19)22)20(25)24-11-5-6-14-12-16(21)8-10-18(14)24/h7-10,12-13H,3-6,11H2,1-2H3. The van der Waals surface area contributed by atoms with Crippen molar-refractivity contribution in [3.63, 3.8) is 0 Å². The third-order valence-corrected chi connectivity index (χ3v) is 7.67. The summed E-state index contributed by atoms with van der Waals surface area (Å²) in [4.78, 5) is 14.8. The number of carbonyl (C=O) groups excluding carboxylic acids is 1. The van der Waals surface area contributed by atoms with Gasteiger partial charge in [-0.1, -0.05) is 37.0 Å². The lowest BCUT2D eigenvalue weighted by atomic mass is 10.0. The lowest BCUT2D eigenvalue weighted by Crippen LogP contribution is -2.36. The van der Waals surface area contributed by atoms with Crippen molar-refractivity contribution in [2.24, 2.45) is 0 Å². The maximum atomic E-state index is 13.2. The van der Waals surface area contributed by atoms with Gasteiger partial charge in [-0.3, -0.25) is 4.79 Å². The second-order valence-electron chi connectivity index (χ2n) is 6.57. The number of hydrogen-bond donors (Lipinski definition) is 0. The minimum Gasteiger partial charge on any atom is -0.308 e. The molecule has 0 atom stereocenters. The van der Waals surface area contributed by atoms with Crippen LogP contribution in [0.3, 0.4) is 0 Å². The van der Waals surface area contributed by atoms with Gasteiger partial charge in [0.2, 0.25) is 10.0 Å². The second-order valence-corrected chi connectivity index (χ2v) is 9.32. The molecule has 2 aromatic rings. The van der Waals surface area contributed by atoms with Crippen LogP contribution in [0, 0.1) is 0 Å². The van der Waals surface area contributed by atoms with Gasteiger partial charge in [0, 0.05) is 35.9 Å². The summed E-state index contributed by atoms with van der Waals surface area (Å²) >= 11 is 12.3. The van der Waals surface area contributed by atoms with Gasteiger partial charge in [-0.15, -0.1) is 0 Å². The zero-order valence-electron chi connectivity index (χ0n) is 15.8. The van der Waals surface area contributed by atoms with E-state index in [-0.39, 0.29) is 21.4 Å². The number of rotatable bonds is 5. The number of amides is 1. The van der Waals surface area contributed by atoms with Gasteiger partial charge in [0.25, 0.3) is 5.91 Å². The fraction of sp³-hybridized carbons (Fsp3) is 0.350. The van der Waals surface area contributed by atoms with E-state index in [9.17, 15) is 13.2 Å². The summed E-state index contributed by atoms with van der Waals surface area (Å²) in [6.07, 6.45) is 1.67. The molecule has 1 aliphatic heterocycles. The van der Waals surface area contributed by atoms with Gasteiger partial charge in [-0.25, -0.2) is 8.42 Å². The Morgan fingerprint density at radius 3 is 2.50 bits per heavy atom. The number of nitrogens with zero attached hydrogens (tertiary/aromatic N) is 2. The van der Waals surface area contributed by atoms with Crippen LogP contribution in [0.5, 0.6) is 0 Å². The lowest BCUT2D eigenvalue weighted by molar-refractivity contribution is 0.0985. The molecule has 0 bridgehead atoms. The quantitative estimate of drug-likeness (QED) is 0.681. The van der Waals surface area contributed by atoms with Gasteiger partial charge in [0.05, 0.1) is 5.02 Å². The first-order chi connectivity index (χ1) is 13.3. The molecule has 0 saturated carbocycles. The van der Waals surface area contributed by atoms with E-state index in [1.165, 1.54) is 16.4 Å². The minimum absolute atomic E-state index is 0.0444. The third kappa shape index (κ3) is 3.92. The smallest absolute Gasteiger partial charge is 0.258 e. The topological polar surface area (TPSA) is 57.7 Å². The van der Waals surface area contributed by atoms with Crippen LogP contribution < -0.4 is 4.90 Å². The Kier molecular flexibility index (Phi) is 6.34. The number of carbonyl (C=O) groups is 1. The summed E-state index contributed by atoms with van der Waals surface area (Å²) in [7, 11) is -3.77. The van der Waals surface area contributed by atoms with E-state index in [0.717, 1.165) is 24.1 Å². The number of benzene rings is 2. The average Bonchev–Trinajstić information content (AvgIpc) is 2.67. The first kappa shape index (κ1) is 21.1. The van der Waals surface area contributed by atoms with Crippen molar-refractivity contribution in [2.75, 3.05) is 24.5 Å². The number of anilines is 1. The highest BCUT2D eigenvalue weighted by Gasteiger charge is 2.28. The van der Waals surface area contributed by atoms with Crippen molar-refractivity contribution < 1.29 is 13.2 Å². The monoisotopic (exact) mass is 440 g/mol. The number of hydrogen-bond acceptors (Lipinski definition) is 3. The Labute approximate surface area is 175 Å². The zero-order chi connectivity index (χ0) is 20.5. The molecule has 0 N–H and O–H groups in total. The van der Waals surface area contributed by atoms with Crippen molar-refractivity contribution in [1.29, 1.82) is 0 Å². The molecule has 0 aromatic heterocycles. The first-order valence-corrected chi connectivity index (χ1v) is 11.4.